The van der Waals surface area contributed by atoms with Gasteiger partial charge in [-0.3, -0.25) is 9.78 Å². The zero-order valence-electron chi connectivity index (χ0n) is 12.2. The van der Waals surface area contributed by atoms with E-state index in [4.69, 9.17) is 9.15 Å². The molecular formula is C16H18N2O3. The second-order valence-electron chi connectivity index (χ2n) is 5.39. The van der Waals surface area contributed by atoms with E-state index >= 15 is 0 Å². The van der Waals surface area contributed by atoms with Crippen LogP contribution < -0.4 is 4.90 Å². The lowest BCUT2D eigenvalue weighted by Gasteiger charge is -2.37. The molecule has 1 saturated heterocycles. The number of hydrogen-bond acceptors (Lipinski definition) is 5. The van der Waals surface area contributed by atoms with Crippen molar-refractivity contribution in [2.75, 3.05) is 18.0 Å². The Bertz CT molecular complexity index is 614. The summed E-state index contributed by atoms with van der Waals surface area (Å²) in [7, 11) is 0. The Morgan fingerprint density at radius 3 is 2.71 bits per heavy atom. The molecule has 5 nitrogen and oxygen atoms in total. The van der Waals surface area contributed by atoms with Crippen molar-refractivity contribution < 1.29 is 13.9 Å². The number of pyridine rings is 1. The number of carbonyl (C=O) groups excluding carboxylic acids is 1. The lowest BCUT2D eigenvalue weighted by molar-refractivity contribution is -0.00527. The average molecular weight is 286 g/mol. The number of furan rings is 1. The molecule has 21 heavy (non-hydrogen) atoms. The van der Waals surface area contributed by atoms with Crippen LogP contribution in [0.15, 0.2) is 35.1 Å². The van der Waals surface area contributed by atoms with Crippen LogP contribution in [0.4, 0.5) is 5.69 Å². The van der Waals surface area contributed by atoms with E-state index in [2.05, 4.69) is 9.88 Å². The molecule has 0 N–H and O–H groups in total. The molecule has 0 saturated carbocycles. The van der Waals surface area contributed by atoms with Gasteiger partial charge in [0, 0.05) is 18.7 Å². The minimum absolute atomic E-state index is 0.137. The number of anilines is 1. The van der Waals surface area contributed by atoms with Gasteiger partial charge in [0.1, 0.15) is 5.69 Å². The van der Waals surface area contributed by atoms with E-state index in [1.807, 2.05) is 19.9 Å². The summed E-state index contributed by atoms with van der Waals surface area (Å²) >= 11 is 0. The molecule has 2 atom stereocenters. The molecule has 0 radical (unpaired) electrons. The minimum atomic E-state index is 0.137. The van der Waals surface area contributed by atoms with E-state index in [9.17, 15) is 4.79 Å². The van der Waals surface area contributed by atoms with Crippen molar-refractivity contribution in [3.63, 3.8) is 0 Å². The minimum Gasteiger partial charge on any atom is -0.463 e. The third-order valence-corrected chi connectivity index (χ3v) is 3.57. The largest absolute Gasteiger partial charge is 0.463 e. The van der Waals surface area contributed by atoms with Gasteiger partial charge in [0.25, 0.3) is 0 Å². The molecule has 0 amide bonds. The molecule has 5 heteroatoms. The quantitative estimate of drug-likeness (QED) is 0.812. The number of morpholine rings is 1. The Kier molecular flexibility index (Phi) is 3.75. The highest BCUT2D eigenvalue weighted by atomic mass is 16.5. The molecule has 0 bridgehead atoms. The normalized spacial score (nSPS) is 22.3. The van der Waals surface area contributed by atoms with Crippen LogP contribution in [0.5, 0.6) is 0 Å². The van der Waals surface area contributed by atoms with Gasteiger partial charge in [-0.15, -0.1) is 0 Å². The highest BCUT2D eigenvalue weighted by molar-refractivity contribution is 5.86. The summed E-state index contributed by atoms with van der Waals surface area (Å²) in [6.45, 7) is 5.59. The van der Waals surface area contributed by atoms with Crippen molar-refractivity contribution in [3.05, 3.63) is 36.2 Å². The summed E-state index contributed by atoms with van der Waals surface area (Å²) < 4.78 is 11.1. The molecule has 0 aliphatic carbocycles. The van der Waals surface area contributed by atoms with Gasteiger partial charge in [0.2, 0.25) is 0 Å². The van der Waals surface area contributed by atoms with Gasteiger partial charge < -0.3 is 14.1 Å². The van der Waals surface area contributed by atoms with Crippen LogP contribution in [0.3, 0.4) is 0 Å². The number of ether oxygens (including phenoxy) is 1. The third-order valence-electron chi connectivity index (χ3n) is 3.57. The Hall–Kier alpha value is -2.14. The zero-order chi connectivity index (χ0) is 14.8. The molecular weight excluding hydrogens is 268 g/mol. The molecule has 2 aromatic rings. The molecule has 0 unspecified atom stereocenters. The van der Waals surface area contributed by atoms with E-state index in [1.54, 1.807) is 24.6 Å². The summed E-state index contributed by atoms with van der Waals surface area (Å²) in [4.78, 5) is 18.0. The Labute approximate surface area is 123 Å². The summed E-state index contributed by atoms with van der Waals surface area (Å²) in [5, 5.41) is 0. The van der Waals surface area contributed by atoms with Crippen molar-refractivity contribution in [1.29, 1.82) is 0 Å². The zero-order valence-corrected chi connectivity index (χ0v) is 12.2. The summed E-state index contributed by atoms with van der Waals surface area (Å²) in [6.07, 6.45) is 4.48. The fourth-order valence-electron chi connectivity index (χ4n) is 2.76. The first-order valence-corrected chi connectivity index (χ1v) is 7.07. The number of rotatable bonds is 3. The van der Waals surface area contributed by atoms with Gasteiger partial charge in [-0.2, -0.15) is 0 Å². The van der Waals surface area contributed by atoms with Gasteiger partial charge in [-0.05, 0) is 32.0 Å². The number of hydrogen-bond donors (Lipinski definition) is 0. The summed E-state index contributed by atoms with van der Waals surface area (Å²) in [5.74, 6) is 0.661. The van der Waals surface area contributed by atoms with Crippen LogP contribution in [0.25, 0.3) is 11.5 Å². The lowest BCUT2D eigenvalue weighted by Crippen LogP contribution is -2.45. The maximum Gasteiger partial charge on any atom is 0.152 e. The van der Waals surface area contributed by atoms with Crippen molar-refractivity contribution in [2.45, 2.75) is 26.1 Å². The van der Waals surface area contributed by atoms with E-state index in [0.29, 0.717) is 17.0 Å². The fraction of sp³-hybridized carbons (Fsp3) is 0.375. The molecule has 3 rings (SSSR count). The Balaban J connectivity index is 1.94. The number of aldehydes is 1. The first-order valence-electron chi connectivity index (χ1n) is 7.07. The molecule has 2 aromatic heterocycles. The van der Waals surface area contributed by atoms with Gasteiger partial charge >= 0.3 is 0 Å². The molecule has 1 aliphatic rings. The Morgan fingerprint density at radius 2 is 2.10 bits per heavy atom. The van der Waals surface area contributed by atoms with Crippen LogP contribution in [0.2, 0.25) is 0 Å². The van der Waals surface area contributed by atoms with E-state index in [1.165, 1.54) is 0 Å². The number of carbonyl (C=O) groups is 1. The molecule has 1 fully saturated rings. The fourth-order valence-corrected chi connectivity index (χ4v) is 2.76. The van der Waals surface area contributed by atoms with Crippen LogP contribution in [-0.4, -0.2) is 36.6 Å². The number of nitrogens with zero attached hydrogens (tertiary/aromatic N) is 2. The van der Waals surface area contributed by atoms with Crippen LogP contribution >= 0.6 is 0 Å². The van der Waals surface area contributed by atoms with Crippen LogP contribution in [0, 0.1) is 0 Å². The smallest absolute Gasteiger partial charge is 0.152 e. The first kappa shape index (κ1) is 13.8. The summed E-state index contributed by atoms with van der Waals surface area (Å²) in [6, 6.07) is 5.40. The maximum absolute atomic E-state index is 11.4. The predicted octanol–water partition coefficient (Wildman–Crippen LogP) is 2.77. The first-order chi connectivity index (χ1) is 10.2. The van der Waals surface area contributed by atoms with E-state index in [-0.39, 0.29) is 12.2 Å². The highest BCUT2D eigenvalue weighted by Crippen LogP contribution is 2.26. The standard InChI is InChI=1S/C16H18N2O3/c1-11-8-18(9-12(2)21-11)15-7-17-14(6-13(15)10-19)16-4-3-5-20-16/h3-7,10-12H,8-9H2,1-2H3/t11-,12+. The maximum atomic E-state index is 11.4. The average Bonchev–Trinajstić information content (AvgIpc) is 2.99. The topological polar surface area (TPSA) is 55.6 Å². The van der Waals surface area contributed by atoms with Gasteiger partial charge in [-0.25, -0.2) is 0 Å². The van der Waals surface area contributed by atoms with Crippen molar-refractivity contribution in [2.24, 2.45) is 0 Å². The van der Waals surface area contributed by atoms with Crippen LogP contribution in [0.1, 0.15) is 24.2 Å². The molecule has 0 spiro atoms. The van der Waals surface area contributed by atoms with Gasteiger partial charge in [0.15, 0.2) is 12.0 Å². The molecule has 110 valence electrons. The van der Waals surface area contributed by atoms with Gasteiger partial charge in [0.05, 0.1) is 30.4 Å². The summed E-state index contributed by atoms with van der Waals surface area (Å²) in [5.41, 5.74) is 2.14. The van der Waals surface area contributed by atoms with Crippen molar-refractivity contribution >= 4 is 12.0 Å². The van der Waals surface area contributed by atoms with Crippen molar-refractivity contribution in [1.82, 2.24) is 4.98 Å². The predicted molar refractivity (Wildman–Crippen MR) is 79.5 cm³/mol. The number of aromatic nitrogens is 1. The van der Waals surface area contributed by atoms with Gasteiger partial charge in [-0.1, -0.05) is 0 Å². The second kappa shape index (κ2) is 5.69. The van der Waals surface area contributed by atoms with Crippen LogP contribution in [-0.2, 0) is 4.74 Å². The molecule has 1 aliphatic heterocycles. The SMILES string of the molecule is C[C@@H]1CN(c2cnc(-c3ccco3)cc2C=O)C[C@H](C)O1. The Morgan fingerprint density at radius 1 is 1.33 bits per heavy atom. The van der Waals surface area contributed by atoms with E-state index in [0.717, 1.165) is 25.1 Å². The van der Waals surface area contributed by atoms with E-state index < -0.39 is 0 Å². The lowest BCUT2D eigenvalue weighted by atomic mass is 10.1. The second-order valence-corrected chi connectivity index (χ2v) is 5.39. The highest BCUT2D eigenvalue weighted by Gasteiger charge is 2.24. The third kappa shape index (κ3) is 2.83. The molecule has 3 heterocycles. The monoisotopic (exact) mass is 286 g/mol. The van der Waals surface area contributed by atoms with Crippen molar-refractivity contribution in [3.8, 4) is 11.5 Å². The molecule has 0 aromatic carbocycles.